The smallest absolute Gasteiger partial charge is 0.287 e. The lowest BCUT2D eigenvalue weighted by molar-refractivity contribution is 0.0593. The zero-order valence-electron chi connectivity index (χ0n) is 7.64. The predicted octanol–water partition coefficient (Wildman–Crippen LogP) is 2.29. The molecule has 5 heteroatoms. The fraction of sp³-hybridized carbons (Fsp3) is 0.444. The van der Waals surface area contributed by atoms with Gasteiger partial charge in [-0.15, -0.1) is 11.3 Å². The average molecular weight is 229 g/mol. The first-order chi connectivity index (χ1) is 6.86. The number of rotatable bonds is 1. The molecule has 1 aromatic rings. The van der Waals surface area contributed by atoms with Crippen LogP contribution in [-0.2, 0) is 4.74 Å². The molecule has 0 atom stereocenters. The highest BCUT2D eigenvalue weighted by Gasteiger charge is 2.17. The van der Waals surface area contributed by atoms with Crippen LogP contribution in [0.2, 0.25) is 0 Å². The molecule has 0 saturated carbocycles. The Labute approximate surface area is 91.0 Å². The van der Waals surface area contributed by atoms with Crippen molar-refractivity contribution in [2.75, 3.05) is 26.3 Å². The first-order valence-corrected chi connectivity index (χ1v) is 6.14. The number of hydrogen-bond acceptors (Lipinski definition) is 4. The Kier molecular flexibility index (Phi) is 3.44. The number of ether oxygens (including phenoxy) is 1. The summed E-state index contributed by atoms with van der Waals surface area (Å²) in [7, 11) is 0. The second kappa shape index (κ2) is 4.82. The molecule has 0 aliphatic carbocycles. The van der Waals surface area contributed by atoms with Crippen LogP contribution in [0.3, 0.4) is 0 Å². The lowest BCUT2D eigenvalue weighted by Gasteiger charge is -2.25. The minimum Gasteiger partial charge on any atom is -0.378 e. The molecular weight excluding hydrogens is 218 g/mol. The highest BCUT2D eigenvalue weighted by atomic mass is 32.2. The van der Waals surface area contributed by atoms with Crippen molar-refractivity contribution in [3.05, 3.63) is 17.5 Å². The third-order valence-electron chi connectivity index (χ3n) is 1.95. The average Bonchev–Trinajstić information content (AvgIpc) is 2.72. The van der Waals surface area contributed by atoms with Crippen LogP contribution in [0.5, 0.6) is 0 Å². The third kappa shape index (κ3) is 2.50. The van der Waals surface area contributed by atoms with E-state index in [1.807, 2.05) is 22.4 Å². The van der Waals surface area contributed by atoms with E-state index in [1.165, 1.54) is 11.8 Å². The number of thioether (sulfide) groups is 1. The number of hydrogen-bond donors (Lipinski definition) is 0. The lowest BCUT2D eigenvalue weighted by Crippen LogP contribution is -2.38. The molecule has 0 spiro atoms. The normalized spacial score (nSPS) is 17.0. The molecule has 1 fully saturated rings. The zero-order chi connectivity index (χ0) is 9.80. The van der Waals surface area contributed by atoms with Gasteiger partial charge in [-0.2, -0.15) is 0 Å². The van der Waals surface area contributed by atoms with Crippen LogP contribution >= 0.6 is 23.1 Å². The van der Waals surface area contributed by atoms with Crippen molar-refractivity contribution in [2.45, 2.75) is 4.21 Å². The maximum atomic E-state index is 11.7. The van der Waals surface area contributed by atoms with Crippen molar-refractivity contribution < 1.29 is 9.53 Å². The summed E-state index contributed by atoms with van der Waals surface area (Å²) in [6, 6.07) is 3.92. The molecule has 1 aromatic heterocycles. The van der Waals surface area contributed by atoms with Gasteiger partial charge in [0.15, 0.2) is 0 Å². The van der Waals surface area contributed by atoms with Gasteiger partial charge in [0.1, 0.15) is 0 Å². The van der Waals surface area contributed by atoms with Crippen molar-refractivity contribution in [1.82, 2.24) is 4.90 Å². The molecule has 0 radical (unpaired) electrons. The van der Waals surface area contributed by atoms with Crippen molar-refractivity contribution in [2.24, 2.45) is 0 Å². The summed E-state index contributed by atoms with van der Waals surface area (Å²) in [5.41, 5.74) is 0. The van der Waals surface area contributed by atoms with Crippen LogP contribution in [0.25, 0.3) is 0 Å². The van der Waals surface area contributed by atoms with Gasteiger partial charge in [0.2, 0.25) is 0 Å². The number of carbonyl (C=O) groups excluding carboxylic acids is 1. The summed E-state index contributed by atoms with van der Waals surface area (Å²) in [4.78, 5) is 13.5. The number of nitrogens with zero attached hydrogens (tertiary/aromatic N) is 1. The van der Waals surface area contributed by atoms with Crippen LogP contribution in [0.1, 0.15) is 0 Å². The van der Waals surface area contributed by atoms with E-state index in [1.54, 1.807) is 11.3 Å². The molecule has 2 heterocycles. The van der Waals surface area contributed by atoms with Gasteiger partial charge in [0, 0.05) is 13.1 Å². The fourth-order valence-electron chi connectivity index (χ4n) is 1.22. The van der Waals surface area contributed by atoms with E-state index < -0.39 is 0 Å². The second-order valence-electron chi connectivity index (χ2n) is 2.90. The van der Waals surface area contributed by atoms with Gasteiger partial charge in [0.25, 0.3) is 5.24 Å². The lowest BCUT2D eigenvalue weighted by atomic mass is 10.5. The summed E-state index contributed by atoms with van der Waals surface area (Å²) in [6.45, 7) is 2.77. The monoisotopic (exact) mass is 229 g/mol. The number of thiophene rings is 1. The standard InChI is InChI=1S/C9H11NO2S2/c11-9(10-3-5-12-6-4-10)14-8-2-1-7-13-8/h1-2,7H,3-6H2. The molecule has 1 aliphatic rings. The van der Waals surface area contributed by atoms with E-state index in [0.717, 1.165) is 17.3 Å². The molecule has 0 bridgehead atoms. The van der Waals surface area contributed by atoms with E-state index in [2.05, 4.69) is 0 Å². The van der Waals surface area contributed by atoms with Crippen LogP contribution in [0.4, 0.5) is 4.79 Å². The number of morpholine rings is 1. The van der Waals surface area contributed by atoms with Gasteiger partial charge in [-0.1, -0.05) is 6.07 Å². The van der Waals surface area contributed by atoms with Crippen LogP contribution < -0.4 is 0 Å². The molecule has 1 saturated heterocycles. The first kappa shape index (κ1) is 10.0. The van der Waals surface area contributed by atoms with Gasteiger partial charge in [-0.25, -0.2) is 0 Å². The molecule has 2 rings (SSSR count). The summed E-state index contributed by atoms with van der Waals surface area (Å²) >= 11 is 2.91. The Morgan fingerprint density at radius 1 is 1.50 bits per heavy atom. The number of carbonyl (C=O) groups is 1. The van der Waals surface area contributed by atoms with Crippen LogP contribution in [0, 0.1) is 0 Å². The molecule has 1 amide bonds. The summed E-state index contributed by atoms with van der Waals surface area (Å²) in [5.74, 6) is 0. The summed E-state index contributed by atoms with van der Waals surface area (Å²) < 4.78 is 6.24. The molecule has 3 nitrogen and oxygen atoms in total. The first-order valence-electron chi connectivity index (χ1n) is 4.44. The molecule has 14 heavy (non-hydrogen) atoms. The molecule has 0 aromatic carbocycles. The predicted molar refractivity (Wildman–Crippen MR) is 58.0 cm³/mol. The molecule has 76 valence electrons. The fourth-order valence-corrected chi connectivity index (χ4v) is 2.87. The van der Waals surface area contributed by atoms with Crippen molar-refractivity contribution in [1.29, 1.82) is 0 Å². The minimum absolute atomic E-state index is 0.135. The molecule has 0 N–H and O–H groups in total. The largest absolute Gasteiger partial charge is 0.378 e. The van der Waals surface area contributed by atoms with Crippen LogP contribution in [-0.4, -0.2) is 36.4 Å². The van der Waals surface area contributed by atoms with E-state index >= 15 is 0 Å². The van der Waals surface area contributed by atoms with Gasteiger partial charge < -0.3 is 9.64 Å². The van der Waals surface area contributed by atoms with Gasteiger partial charge in [-0.05, 0) is 23.2 Å². The highest BCUT2D eigenvalue weighted by molar-refractivity contribution is 8.14. The molecule has 1 aliphatic heterocycles. The molecular formula is C9H11NO2S2. The van der Waals surface area contributed by atoms with Gasteiger partial charge >= 0.3 is 0 Å². The van der Waals surface area contributed by atoms with E-state index in [-0.39, 0.29) is 5.24 Å². The quantitative estimate of drug-likeness (QED) is 0.692. The van der Waals surface area contributed by atoms with Gasteiger partial charge in [0.05, 0.1) is 17.4 Å². The Hall–Kier alpha value is -0.520. The van der Waals surface area contributed by atoms with E-state index in [4.69, 9.17) is 4.74 Å². The van der Waals surface area contributed by atoms with E-state index in [0.29, 0.717) is 13.2 Å². The Morgan fingerprint density at radius 3 is 2.93 bits per heavy atom. The third-order valence-corrected chi connectivity index (χ3v) is 3.92. The Balaban J connectivity index is 1.88. The maximum absolute atomic E-state index is 11.7. The molecule has 0 unspecified atom stereocenters. The summed E-state index contributed by atoms with van der Waals surface area (Å²) in [6.07, 6.45) is 0. The SMILES string of the molecule is O=C(Sc1cccs1)N1CCOCC1. The second-order valence-corrected chi connectivity index (χ2v) is 5.10. The zero-order valence-corrected chi connectivity index (χ0v) is 9.27. The Morgan fingerprint density at radius 2 is 2.29 bits per heavy atom. The van der Waals surface area contributed by atoms with E-state index in [9.17, 15) is 4.79 Å². The van der Waals surface area contributed by atoms with Crippen molar-refractivity contribution in [3.8, 4) is 0 Å². The highest BCUT2D eigenvalue weighted by Crippen LogP contribution is 2.26. The maximum Gasteiger partial charge on any atom is 0.287 e. The Bertz CT molecular complexity index is 294. The van der Waals surface area contributed by atoms with Crippen LogP contribution in [0.15, 0.2) is 21.7 Å². The number of amides is 1. The van der Waals surface area contributed by atoms with Crippen molar-refractivity contribution >= 4 is 28.3 Å². The van der Waals surface area contributed by atoms with Crippen molar-refractivity contribution in [3.63, 3.8) is 0 Å². The minimum atomic E-state index is 0.135. The van der Waals surface area contributed by atoms with Gasteiger partial charge in [-0.3, -0.25) is 4.79 Å². The topological polar surface area (TPSA) is 29.5 Å². The summed E-state index contributed by atoms with van der Waals surface area (Å²) in [5, 5.41) is 2.12.